The van der Waals surface area contributed by atoms with Gasteiger partial charge in [-0.15, -0.1) is 0 Å². The van der Waals surface area contributed by atoms with E-state index in [1.165, 1.54) is 11.5 Å². The minimum Gasteiger partial charge on any atom is -0.493 e. The Labute approximate surface area is 192 Å². The molecule has 1 N–H and O–H groups in total. The number of hydrogen-bond acceptors (Lipinski definition) is 7. The predicted octanol–water partition coefficient (Wildman–Crippen LogP) is 2.23. The lowest BCUT2D eigenvalue weighted by Crippen LogP contribution is -2.37. The minimum atomic E-state index is -5.53. The van der Waals surface area contributed by atoms with E-state index in [0.29, 0.717) is 26.3 Å². The van der Waals surface area contributed by atoms with Crippen LogP contribution in [0, 0.1) is 6.92 Å². The SMILES string of the molecule is Cc1c(O)n(-c2ccc(S(=O)(=O)C(F)(F)F)cc2)c(=O)n1Cc1ccncc1N1CCOCC1. The van der Waals surface area contributed by atoms with Crippen LogP contribution in [-0.4, -0.2) is 59.5 Å². The van der Waals surface area contributed by atoms with Crippen molar-refractivity contribution in [2.24, 2.45) is 0 Å². The molecule has 3 aromatic rings. The highest BCUT2D eigenvalue weighted by Gasteiger charge is 2.46. The number of aromatic hydroxyl groups is 1. The summed E-state index contributed by atoms with van der Waals surface area (Å²) in [4.78, 5) is 18.5. The molecule has 0 aliphatic carbocycles. The Morgan fingerprint density at radius 1 is 1.12 bits per heavy atom. The molecule has 0 radical (unpaired) electrons. The fourth-order valence-corrected chi connectivity index (χ4v) is 4.53. The van der Waals surface area contributed by atoms with E-state index >= 15 is 0 Å². The fourth-order valence-electron chi connectivity index (χ4n) is 3.77. The zero-order valence-electron chi connectivity index (χ0n) is 18.0. The van der Waals surface area contributed by atoms with Gasteiger partial charge in [-0.05, 0) is 42.8 Å². The smallest absolute Gasteiger partial charge is 0.493 e. The van der Waals surface area contributed by atoms with Crippen molar-refractivity contribution in [2.45, 2.75) is 23.9 Å². The predicted molar refractivity (Wildman–Crippen MR) is 116 cm³/mol. The molecule has 0 bridgehead atoms. The van der Waals surface area contributed by atoms with Crippen LogP contribution >= 0.6 is 0 Å². The molecular formula is C21H21F3N4O5S. The van der Waals surface area contributed by atoms with E-state index in [0.717, 1.165) is 40.1 Å². The van der Waals surface area contributed by atoms with Crippen molar-refractivity contribution >= 4 is 15.5 Å². The molecule has 1 saturated heterocycles. The first kappa shape index (κ1) is 23.8. The Hall–Kier alpha value is -3.32. The molecule has 0 unspecified atom stereocenters. The number of benzene rings is 1. The van der Waals surface area contributed by atoms with Crippen molar-refractivity contribution in [1.29, 1.82) is 0 Å². The number of ether oxygens (including phenoxy) is 1. The van der Waals surface area contributed by atoms with E-state index in [1.54, 1.807) is 18.5 Å². The number of alkyl halides is 3. The maximum absolute atomic E-state index is 13.2. The number of rotatable bonds is 5. The van der Waals surface area contributed by atoms with Gasteiger partial charge < -0.3 is 14.7 Å². The molecule has 1 fully saturated rings. The van der Waals surface area contributed by atoms with Crippen molar-refractivity contribution in [1.82, 2.24) is 14.1 Å². The Morgan fingerprint density at radius 3 is 2.38 bits per heavy atom. The monoisotopic (exact) mass is 498 g/mol. The second kappa shape index (κ2) is 8.80. The molecule has 0 spiro atoms. The average Bonchev–Trinajstić information content (AvgIpc) is 3.02. The van der Waals surface area contributed by atoms with Crippen LogP contribution in [0.25, 0.3) is 5.69 Å². The zero-order valence-corrected chi connectivity index (χ0v) is 18.8. The van der Waals surface area contributed by atoms with Gasteiger partial charge in [0.05, 0.1) is 47.9 Å². The third-order valence-corrected chi connectivity index (χ3v) is 7.14. The van der Waals surface area contributed by atoms with Gasteiger partial charge in [0.15, 0.2) is 0 Å². The Morgan fingerprint density at radius 2 is 1.76 bits per heavy atom. The molecule has 0 atom stereocenters. The van der Waals surface area contributed by atoms with Gasteiger partial charge in [0.2, 0.25) is 5.88 Å². The molecule has 34 heavy (non-hydrogen) atoms. The average molecular weight is 498 g/mol. The number of pyridine rings is 1. The van der Waals surface area contributed by atoms with Crippen LogP contribution in [0.3, 0.4) is 0 Å². The molecule has 1 aliphatic rings. The number of hydrogen-bond donors (Lipinski definition) is 1. The summed E-state index contributed by atoms with van der Waals surface area (Å²) in [5.41, 5.74) is -4.21. The number of halogens is 3. The van der Waals surface area contributed by atoms with Gasteiger partial charge >= 0.3 is 11.2 Å². The van der Waals surface area contributed by atoms with E-state index in [-0.39, 0.29) is 17.9 Å². The highest BCUT2D eigenvalue weighted by atomic mass is 32.2. The van der Waals surface area contributed by atoms with Gasteiger partial charge in [-0.3, -0.25) is 9.55 Å². The van der Waals surface area contributed by atoms with Gasteiger partial charge in [-0.25, -0.2) is 17.8 Å². The van der Waals surface area contributed by atoms with Crippen LogP contribution in [0.1, 0.15) is 11.3 Å². The molecule has 13 heteroatoms. The summed E-state index contributed by atoms with van der Waals surface area (Å²) in [6.45, 7) is 4.08. The van der Waals surface area contributed by atoms with Gasteiger partial charge in [0.25, 0.3) is 9.84 Å². The van der Waals surface area contributed by atoms with E-state index in [4.69, 9.17) is 4.74 Å². The van der Waals surface area contributed by atoms with Crippen molar-refractivity contribution in [3.8, 4) is 11.6 Å². The van der Waals surface area contributed by atoms with Crippen LogP contribution in [0.2, 0.25) is 0 Å². The summed E-state index contributed by atoms with van der Waals surface area (Å²) in [7, 11) is -5.53. The lowest BCUT2D eigenvalue weighted by atomic mass is 10.2. The van der Waals surface area contributed by atoms with Crippen molar-refractivity contribution in [3.05, 3.63) is 64.5 Å². The number of anilines is 1. The van der Waals surface area contributed by atoms with Gasteiger partial charge in [0, 0.05) is 19.3 Å². The largest absolute Gasteiger partial charge is 0.501 e. The fraction of sp³-hybridized carbons (Fsp3) is 0.333. The number of nitrogens with zero attached hydrogens (tertiary/aromatic N) is 4. The van der Waals surface area contributed by atoms with Crippen LogP contribution in [0.4, 0.5) is 18.9 Å². The van der Waals surface area contributed by atoms with Gasteiger partial charge in [-0.1, -0.05) is 0 Å². The standard InChI is InChI=1S/C21H21F3N4O5S/c1-14-19(29)28(16-2-4-17(5-3-16)34(31,32)21(22,23)24)20(30)27(14)13-15-6-7-25-12-18(15)26-8-10-33-11-9-26/h2-7,12,29H,8-11,13H2,1H3. The van der Waals surface area contributed by atoms with Crippen molar-refractivity contribution in [2.75, 3.05) is 31.2 Å². The molecule has 3 heterocycles. The summed E-state index contributed by atoms with van der Waals surface area (Å²) in [5.74, 6) is -0.404. The number of sulfone groups is 1. The molecule has 9 nitrogen and oxygen atoms in total. The highest BCUT2D eigenvalue weighted by molar-refractivity contribution is 7.92. The van der Waals surface area contributed by atoms with Crippen LogP contribution < -0.4 is 10.6 Å². The summed E-state index contributed by atoms with van der Waals surface area (Å²) in [6, 6.07) is 5.33. The van der Waals surface area contributed by atoms with E-state index in [1.807, 2.05) is 0 Å². The maximum atomic E-state index is 13.2. The third-order valence-electron chi connectivity index (χ3n) is 5.64. The number of aromatic nitrogens is 3. The molecule has 1 aliphatic heterocycles. The Kier molecular flexibility index (Phi) is 6.16. The quantitative estimate of drug-likeness (QED) is 0.575. The van der Waals surface area contributed by atoms with E-state index in [2.05, 4.69) is 9.88 Å². The van der Waals surface area contributed by atoms with Gasteiger partial charge in [-0.2, -0.15) is 13.2 Å². The molecule has 0 amide bonds. The van der Waals surface area contributed by atoms with Crippen LogP contribution in [-0.2, 0) is 21.1 Å². The minimum absolute atomic E-state index is 0.0219. The Bertz CT molecular complexity index is 1360. The Balaban J connectivity index is 1.70. The summed E-state index contributed by atoms with van der Waals surface area (Å²) >= 11 is 0. The van der Waals surface area contributed by atoms with Gasteiger partial charge in [0.1, 0.15) is 0 Å². The van der Waals surface area contributed by atoms with Crippen molar-refractivity contribution < 1.29 is 31.4 Å². The topological polar surface area (TPSA) is 107 Å². The normalized spacial score (nSPS) is 15.0. The van der Waals surface area contributed by atoms with Crippen LogP contribution in [0.5, 0.6) is 5.88 Å². The van der Waals surface area contributed by atoms with Crippen LogP contribution in [0.15, 0.2) is 52.4 Å². The van der Waals surface area contributed by atoms with E-state index < -0.39 is 31.8 Å². The summed E-state index contributed by atoms with van der Waals surface area (Å²) in [6.07, 6.45) is 3.29. The summed E-state index contributed by atoms with van der Waals surface area (Å²) < 4.78 is 69.2. The zero-order chi connectivity index (χ0) is 24.7. The number of imidazole rings is 1. The first-order chi connectivity index (χ1) is 16.0. The maximum Gasteiger partial charge on any atom is 0.501 e. The molecule has 2 aromatic heterocycles. The number of morpholine rings is 1. The van der Waals surface area contributed by atoms with Crippen molar-refractivity contribution in [3.63, 3.8) is 0 Å². The molecule has 0 saturated carbocycles. The van der Waals surface area contributed by atoms with E-state index in [9.17, 15) is 31.5 Å². The molecule has 4 rings (SSSR count). The first-order valence-corrected chi connectivity index (χ1v) is 11.7. The first-order valence-electron chi connectivity index (χ1n) is 10.2. The lowest BCUT2D eigenvalue weighted by Gasteiger charge is -2.30. The molecule has 1 aromatic carbocycles. The lowest BCUT2D eigenvalue weighted by molar-refractivity contribution is -0.0436. The highest BCUT2D eigenvalue weighted by Crippen LogP contribution is 2.31. The molecule has 182 valence electrons. The second-order valence-electron chi connectivity index (χ2n) is 7.66. The summed E-state index contributed by atoms with van der Waals surface area (Å²) in [5, 5.41) is 10.6. The third kappa shape index (κ3) is 4.16. The second-order valence-corrected chi connectivity index (χ2v) is 9.60. The molecular weight excluding hydrogens is 477 g/mol.